The van der Waals surface area contributed by atoms with E-state index in [0.29, 0.717) is 13.1 Å². The van der Waals surface area contributed by atoms with E-state index in [9.17, 15) is 13.2 Å². The fourth-order valence-electron chi connectivity index (χ4n) is 2.06. The molecule has 2 rings (SSSR count). The monoisotopic (exact) mass is 311 g/mol. The molecule has 0 spiro atoms. The molecule has 21 heavy (non-hydrogen) atoms. The average molecular weight is 311 g/mol. The van der Waals surface area contributed by atoms with E-state index in [2.05, 4.69) is 6.58 Å². The van der Waals surface area contributed by atoms with E-state index < -0.39 is 10.1 Å². The minimum Gasteiger partial charge on any atom is -0.383 e. The van der Waals surface area contributed by atoms with Gasteiger partial charge in [0, 0.05) is 6.54 Å². The molecule has 114 valence electrons. The zero-order valence-electron chi connectivity index (χ0n) is 11.7. The summed E-state index contributed by atoms with van der Waals surface area (Å²) in [5, 5.41) is 0. The van der Waals surface area contributed by atoms with E-state index >= 15 is 0 Å². The lowest BCUT2D eigenvalue weighted by atomic mass is 10.1. The highest BCUT2D eigenvalue weighted by Gasteiger charge is 2.26. The second-order valence-electron chi connectivity index (χ2n) is 4.74. The van der Waals surface area contributed by atoms with Gasteiger partial charge in [-0.05, 0) is 17.7 Å². The zero-order chi connectivity index (χ0) is 15.5. The van der Waals surface area contributed by atoms with Crippen LogP contribution in [0.15, 0.2) is 36.9 Å². The third kappa shape index (κ3) is 4.30. The molecule has 0 unspecified atom stereocenters. The normalized spacial score (nSPS) is 19.4. The Morgan fingerprint density at radius 3 is 2.67 bits per heavy atom. The first-order valence-electron chi connectivity index (χ1n) is 6.39. The van der Waals surface area contributed by atoms with Crippen LogP contribution in [0, 0.1) is 0 Å². The lowest BCUT2D eigenvalue weighted by molar-refractivity contribution is -0.148. The van der Waals surface area contributed by atoms with E-state index in [0.717, 1.165) is 11.8 Å². The van der Waals surface area contributed by atoms with Crippen LogP contribution in [0.1, 0.15) is 11.7 Å². The summed E-state index contributed by atoms with van der Waals surface area (Å²) in [6.45, 7) is 4.57. The number of morpholine rings is 1. The number of ether oxygens (including phenoxy) is 1. The smallest absolute Gasteiger partial charge is 0.306 e. The lowest BCUT2D eigenvalue weighted by Crippen LogP contribution is -2.43. The second-order valence-corrected chi connectivity index (χ2v) is 6.32. The van der Waals surface area contributed by atoms with E-state index in [4.69, 9.17) is 8.92 Å². The molecule has 0 N–H and O–H groups in total. The highest BCUT2D eigenvalue weighted by molar-refractivity contribution is 7.86. The third-order valence-electron chi connectivity index (χ3n) is 3.00. The Bertz CT molecular complexity index is 623. The summed E-state index contributed by atoms with van der Waals surface area (Å²) in [6, 6.07) is 6.59. The van der Waals surface area contributed by atoms with Crippen LogP contribution in [0.5, 0.6) is 5.75 Å². The molecule has 1 heterocycles. The van der Waals surface area contributed by atoms with Crippen LogP contribution in [-0.2, 0) is 19.6 Å². The van der Waals surface area contributed by atoms with Crippen molar-refractivity contribution in [3.8, 4) is 5.75 Å². The molecule has 1 aromatic carbocycles. The second kappa shape index (κ2) is 6.28. The fourth-order valence-corrected chi connectivity index (χ4v) is 2.53. The molecule has 0 bridgehead atoms. The summed E-state index contributed by atoms with van der Waals surface area (Å²) in [5.41, 5.74) is 0.859. The highest BCUT2D eigenvalue weighted by atomic mass is 32.2. The average Bonchev–Trinajstić information content (AvgIpc) is 2.41. The number of carbonyl (C=O) groups is 1. The van der Waals surface area contributed by atoms with Gasteiger partial charge in [-0.1, -0.05) is 18.2 Å². The molecule has 7 heteroatoms. The minimum absolute atomic E-state index is 0.0279. The van der Waals surface area contributed by atoms with E-state index in [1.165, 1.54) is 0 Å². The number of benzene rings is 1. The third-order valence-corrected chi connectivity index (χ3v) is 3.49. The topological polar surface area (TPSA) is 72.9 Å². The molecule has 1 fully saturated rings. The predicted molar refractivity (Wildman–Crippen MR) is 77.4 cm³/mol. The predicted octanol–water partition coefficient (Wildman–Crippen LogP) is 1.11. The molecule has 0 aliphatic carbocycles. The van der Waals surface area contributed by atoms with Crippen molar-refractivity contribution in [2.75, 3.05) is 26.0 Å². The van der Waals surface area contributed by atoms with Gasteiger partial charge in [-0.2, -0.15) is 8.42 Å². The maximum absolute atomic E-state index is 11.6. The molecule has 1 amide bonds. The molecule has 1 aliphatic heterocycles. The summed E-state index contributed by atoms with van der Waals surface area (Å²) in [5.74, 6) is 0.180. The van der Waals surface area contributed by atoms with Crippen LogP contribution in [0.4, 0.5) is 0 Å². The number of hydrogen-bond donors (Lipinski definition) is 0. The molecule has 0 radical (unpaired) electrons. The van der Waals surface area contributed by atoms with Gasteiger partial charge in [0.15, 0.2) is 0 Å². The van der Waals surface area contributed by atoms with Crippen molar-refractivity contribution in [1.29, 1.82) is 0 Å². The Labute approximate surface area is 124 Å². The van der Waals surface area contributed by atoms with Crippen LogP contribution in [-0.4, -0.2) is 45.2 Å². The van der Waals surface area contributed by atoms with Crippen molar-refractivity contribution in [3.05, 3.63) is 42.5 Å². The minimum atomic E-state index is -3.53. The first kappa shape index (κ1) is 15.5. The van der Waals surface area contributed by atoms with Gasteiger partial charge in [-0.3, -0.25) is 4.79 Å². The van der Waals surface area contributed by atoms with E-state index in [-0.39, 0.29) is 24.4 Å². The van der Waals surface area contributed by atoms with Crippen molar-refractivity contribution in [2.24, 2.45) is 0 Å². The molecule has 0 aromatic heterocycles. The molecule has 1 aliphatic rings. The van der Waals surface area contributed by atoms with Crippen LogP contribution < -0.4 is 4.18 Å². The molecular formula is C14H17NO5S. The number of amides is 1. The Morgan fingerprint density at radius 2 is 2.10 bits per heavy atom. The van der Waals surface area contributed by atoms with Crippen molar-refractivity contribution in [3.63, 3.8) is 0 Å². The Kier molecular flexibility index (Phi) is 4.64. The summed E-state index contributed by atoms with van der Waals surface area (Å²) in [7, 11) is -3.53. The van der Waals surface area contributed by atoms with Gasteiger partial charge in [-0.15, -0.1) is 6.58 Å². The Morgan fingerprint density at radius 1 is 1.43 bits per heavy atom. The molecule has 1 atom stereocenters. The fraction of sp³-hybridized carbons (Fsp3) is 0.357. The molecule has 1 aromatic rings. The van der Waals surface area contributed by atoms with Gasteiger partial charge in [0.25, 0.3) is 0 Å². The highest BCUT2D eigenvalue weighted by Crippen LogP contribution is 2.25. The van der Waals surface area contributed by atoms with Crippen molar-refractivity contribution < 1.29 is 22.1 Å². The van der Waals surface area contributed by atoms with E-state index in [1.54, 1.807) is 35.2 Å². The first-order valence-corrected chi connectivity index (χ1v) is 8.20. The van der Waals surface area contributed by atoms with Gasteiger partial charge in [0.1, 0.15) is 18.5 Å². The largest absolute Gasteiger partial charge is 0.383 e. The SMILES string of the molecule is C=CCN1C[C@@H](c2ccc(OS(C)(=O)=O)cc2)OCC1=O. The van der Waals surface area contributed by atoms with Crippen molar-refractivity contribution >= 4 is 16.0 Å². The zero-order valence-corrected chi connectivity index (χ0v) is 12.5. The standard InChI is InChI=1S/C14H17NO5S/c1-3-8-15-9-13(19-10-14(15)16)11-4-6-12(7-5-11)20-21(2,17)18/h3-7,13H,1,8-10H2,2H3/t13-/m0/s1. The quantitative estimate of drug-likeness (QED) is 0.601. The van der Waals surface area contributed by atoms with Gasteiger partial charge >= 0.3 is 10.1 Å². The van der Waals surface area contributed by atoms with Gasteiger partial charge in [0.05, 0.1) is 12.8 Å². The summed E-state index contributed by atoms with van der Waals surface area (Å²) in [6.07, 6.45) is 2.42. The van der Waals surface area contributed by atoms with Crippen LogP contribution >= 0.6 is 0 Å². The summed E-state index contributed by atoms with van der Waals surface area (Å²) >= 11 is 0. The van der Waals surface area contributed by atoms with E-state index in [1.807, 2.05) is 0 Å². The van der Waals surface area contributed by atoms with Gasteiger partial charge in [0.2, 0.25) is 5.91 Å². The van der Waals surface area contributed by atoms with Crippen LogP contribution in [0.2, 0.25) is 0 Å². The molecular weight excluding hydrogens is 294 g/mol. The number of nitrogens with zero attached hydrogens (tertiary/aromatic N) is 1. The molecule has 6 nitrogen and oxygen atoms in total. The van der Waals surface area contributed by atoms with Crippen molar-refractivity contribution in [2.45, 2.75) is 6.10 Å². The Hall–Kier alpha value is -1.86. The lowest BCUT2D eigenvalue weighted by Gasteiger charge is -2.32. The molecule has 1 saturated heterocycles. The van der Waals surface area contributed by atoms with Crippen molar-refractivity contribution in [1.82, 2.24) is 4.90 Å². The van der Waals surface area contributed by atoms with Crippen LogP contribution in [0.3, 0.4) is 0 Å². The summed E-state index contributed by atoms with van der Waals surface area (Å²) < 4.78 is 32.4. The maximum atomic E-state index is 11.6. The number of hydrogen-bond acceptors (Lipinski definition) is 5. The van der Waals surface area contributed by atoms with Crippen LogP contribution in [0.25, 0.3) is 0 Å². The van der Waals surface area contributed by atoms with Gasteiger partial charge < -0.3 is 13.8 Å². The summed E-state index contributed by atoms with van der Waals surface area (Å²) in [4.78, 5) is 13.3. The number of rotatable bonds is 5. The number of carbonyl (C=O) groups excluding carboxylic acids is 1. The first-order chi connectivity index (χ1) is 9.89. The Balaban J connectivity index is 2.08. The maximum Gasteiger partial charge on any atom is 0.306 e. The van der Waals surface area contributed by atoms with Gasteiger partial charge in [-0.25, -0.2) is 0 Å². The molecule has 0 saturated carbocycles.